The second-order valence-corrected chi connectivity index (χ2v) is 9.12. The molecule has 0 unspecified atom stereocenters. The molecule has 0 atom stereocenters. The van der Waals surface area contributed by atoms with E-state index in [2.05, 4.69) is 59.5 Å². The third-order valence-electron chi connectivity index (χ3n) is 5.88. The minimum atomic E-state index is 0. The lowest BCUT2D eigenvalue weighted by Crippen LogP contribution is -2.44. The molecular formula is C23H36Cl3N5. The summed E-state index contributed by atoms with van der Waals surface area (Å²) in [6, 6.07) is 9.42. The lowest BCUT2D eigenvalue weighted by molar-refractivity contribution is 0.580. The predicted octanol–water partition coefficient (Wildman–Crippen LogP) is 5.47. The van der Waals surface area contributed by atoms with E-state index < -0.39 is 0 Å². The van der Waals surface area contributed by atoms with Gasteiger partial charge in [-0.3, -0.25) is 0 Å². The first-order chi connectivity index (χ1) is 13.5. The molecule has 2 N–H and O–H groups in total. The quantitative estimate of drug-likeness (QED) is 0.597. The summed E-state index contributed by atoms with van der Waals surface area (Å²) in [7, 11) is 0. The highest BCUT2D eigenvalue weighted by Gasteiger charge is 2.22. The molecule has 5 nitrogen and oxygen atoms in total. The summed E-state index contributed by atoms with van der Waals surface area (Å²) in [5.74, 6) is 0.837. The van der Waals surface area contributed by atoms with Gasteiger partial charge in [-0.15, -0.1) is 37.2 Å². The van der Waals surface area contributed by atoms with Crippen LogP contribution in [0.3, 0.4) is 0 Å². The number of aromatic nitrogens is 2. The van der Waals surface area contributed by atoms with E-state index in [1.807, 2.05) is 12.3 Å². The molecule has 1 saturated carbocycles. The fraction of sp³-hybridized carbons (Fsp3) is 0.565. The van der Waals surface area contributed by atoms with Crippen molar-refractivity contribution in [1.29, 1.82) is 0 Å². The first-order valence-corrected chi connectivity index (χ1v) is 10.7. The number of benzene rings is 1. The van der Waals surface area contributed by atoms with Crippen molar-refractivity contribution in [3.63, 3.8) is 0 Å². The van der Waals surface area contributed by atoms with Gasteiger partial charge in [-0.1, -0.05) is 39.7 Å². The molecule has 0 spiro atoms. The molecule has 2 aromatic rings. The third kappa shape index (κ3) is 6.85. The molecule has 2 fully saturated rings. The van der Waals surface area contributed by atoms with Gasteiger partial charge in [0.25, 0.3) is 0 Å². The van der Waals surface area contributed by atoms with E-state index in [0.717, 1.165) is 37.8 Å². The standard InChI is InChI=1S/C23H33N5.3ClH/c1-23(2,3)19-16-17(8-9-21(19)26-18-6-4-5-7-18)20-10-11-25-22(27-20)28-14-12-24-13-15-28;;;/h8-11,16,18,24,26H,4-7,12-15H2,1-3H3;3*1H. The molecule has 4 rings (SSSR count). The Balaban J connectivity index is 0.00000160. The monoisotopic (exact) mass is 487 g/mol. The second kappa shape index (κ2) is 12.1. The van der Waals surface area contributed by atoms with Crippen molar-refractivity contribution >= 4 is 48.9 Å². The van der Waals surface area contributed by atoms with Crippen LogP contribution in [0.15, 0.2) is 30.5 Å². The van der Waals surface area contributed by atoms with Gasteiger partial charge in [-0.05, 0) is 42.0 Å². The molecule has 2 heterocycles. The Kier molecular flexibility index (Phi) is 10.8. The summed E-state index contributed by atoms with van der Waals surface area (Å²) in [6.07, 6.45) is 7.14. The lowest BCUT2D eigenvalue weighted by atomic mass is 9.84. The minimum absolute atomic E-state index is 0. The topological polar surface area (TPSA) is 53.1 Å². The third-order valence-corrected chi connectivity index (χ3v) is 5.88. The van der Waals surface area contributed by atoms with Crippen LogP contribution in [0.4, 0.5) is 11.6 Å². The fourth-order valence-electron chi connectivity index (χ4n) is 4.27. The normalized spacial score (nSPS) is 16.7. The first kappa shape index (κ1) is 27.8. The number of rotatable bonds is 4. The van der Waals surface area contributed by atoms with Crippen LogP contribution in [0.2, 0.25) is 0 Å². The van der Waals surface area contributed by atoms with Gasteiger partial charge in [-0.2, -0.15) is 0 Å². The summed E-state index contributed by atoms with van der Waals surface area (Å²) in [4.78, 5) is 11.7. The van der Waals surface area contributed by atoms with Crippen molar-refractivity contribution in [2.45, 2.75) is 57.9 Å². The summed E-state index contributed by atoms with van der Waals surface area (Å²) in [6.45, 7) is 10.8. The fourth-order valence-corrected chi connectivity index (χ4v) is 4.27. The van der Waals surface area contributed by atoms with Crippen LogP contribution in [0, 0.1) is 0 Å². The summed E-state index contributed by atoms with van der Waals surface area (Å²) >= 11 is 0. The van der Waals surface area contributed by atoms with Gasteiger partial charge < -0.3 is 15.5 Å². The number of hydrogen-bond acceptors (Lipinski definition) is 5. The molecule has 1 aliphatic carbocycles. The molecule has 31 heavy (non-hydrogen) atoms. The maximum atomic E-state index is 4.89. The zero-order valence-corrected chi connectivity index (χ0v) is 21.1. The van der Waals surface area contributed by atoms with Crippen LogP contribution in [0.5, 0.6) is 0 Å². The highest BCUT2D eigenvalue weighted by molar-refractivity contribution is 5.86. The van der Waals surface area contributed by atoms with Crippen LogP contribution in [0.1, 0.15) is 52.0 Å². The molecular weight excluding hydrogens is 453 g/mol. The summed E-state index contributed by atoms with van der Waals surface area (Å²) < 4.78 is 0. The molecule has 0 amide bonds. The second-order valence-electron chi connectivity index (χ2n) is 9.12. The molecule has 1 aromatic carbocycles. The van der Waals surface area contributed by atoms with Crippen LogP contribution < -0.4 is 15.5 Å². The summed E-state index contributed by atoms with van der Waals surface area (Å²) in [5.41, 5.74) is 4.88. The molecule has 8 heteroatoms. The number of nitrogens with one attached hydrogen (secondary N) is 2. The molecule has 0 radical (unpaired) electrons. The highest BCUT2D eigenvalue weighted by Crippen LogP contribution is 2.35. The number of nitrogens with zero attached hydrogens (tertiary/aromatic N) is 3. The lowest BCUT2D eigenvalue weighted by Gasteiger charge is -2.28. The maximum Gasteiger partial charge on any atom is 0.225 e. The van der Waals surface area contributed by atoms with E-state index in [-0.39, 0.29) is 42.6 Å². The summed E-state index contributed by atoms with van der Waals surface area (Å²) in [5, 5.41) is 7.20. The van der Waals surface area contributed by atoms with E-state index in [9.17, 15) is 0 Å². The molecule has 174 valence electrons. The van der Waals surface area contributed by atoms with E-state index in [1.165, 1.54) is 42.5 Å². The van der Waals surface area contributed by atoms with Gasteiger partial charge in [0.15, 0.2) is 0 Å². The van der Waals surface area contributed by atoms with Gasteiger partial charge in [-0.25, -0.2) is 9.97 Å². The average molecular weight is 489 g/mol. The number of hydrogen-bond donors (Lipinski definition) is 2. The Bertz CT molecular complexity index is 813. The Labute approximate surface area is 205 Å². The van der Waals surface area contributed by atoms with E-state index in [4.69, 9.17) is 4.98 Å². The van der Waals surface area contributed by atoms with Crippen LogP contribution >= 0.6 is 37.2 Å². The minimum Gasteiger partial charge on any atom is -0.382 e. The van der Waals surface area contributed by atoms with E-state index in [1.54, 1.807) is 0 Å². The van der Waals surface area contributed by atoms with Gasteiger partial charge in [0.1, 0.15) is 0 Å². The number of piperazine rings is 1. The number of anilines is 2. The SMILES string of the molecule is CC(C)(C)c1cc(-c2ccnc(N3CCNCC3)n2)ccc1NC1CCCC1.Cl.Cl.Cl. The van der Waals surface area contributed by atoms with Gasteiger partial charge in [0.05, 0.1) is 5.69 Å². The zero-order valence-electron chi connectivity index (χ0n) is 18.7. The van der Waals surface area contributed by atoms with Crippen LogP contribution in [-0.2, 0) is 5.41 Å². The molecule has 1 aliphatic heterocycles. The van der Waals surface area contributed by atoms with E-state index in [0.29, 0.717) is 6.04 Å². The van der Waals surface area contributed by atoms with Crippen molar-refractivity contribution in [3.05, 3.63) is 36.0 Å². The van der Waals surface area contributed by atoms with Gasteiger partial charge in [0.2, 0.25) is 5.95 Å². The van der Waals surface area contributed by atoms with Gasteiger partial charge in [0, 0.05) is 49.7 Å². The zero-order chi connectivity index (χ0) is 19.6. The largest absolute Gasteiger partial charge is 0.382 e. The maximum absolute atomic E-state index is 4.89. The van der Waals surface area contributed by atoms with E-state index >= 15 is 0 Å². The molecule has 2 aliphatic rings. The number of halogens is 3. The average Bonchev–Trinajstić information content (AvgIpc) is 3.21. The van der Waals surface area contributed by atoms with Gasteiger partial charge >= 0.3 is 0 Å². The van der Waals surface area contributed by atoms with Crippen LogP contribution in [-0.4, -0.2) is 42.2 Å². The van der Waals surface area contributed by atoms with Crippen molar-refractivity contribution in [1.82, 2.24) is 15.3 Å². The molecule has 1 saturated heterocycles. The van der Waals surface area contributed by atoms with Crippen molar-refractivity contribution in [2.24, 2.45) is 0 Å². The Hall–Kier alpha value is -1.27. The predicted molar refractivity (Wildman–Crippen MR) is 139 cm³/mol. The van der Waals surface area contributed by atoms with Crippen molar-refractivity contribution in [3.8, 4) is 11.3 Å². The Morgan fingerprint density at radius 2 is 1.68 bits per heavy atom. The molecule has 0 bridgehead atoms. The Morgan fingerprint density at radius 1 is 1.00 bits per heavy atom. The Morgan fingerprint density at radius 3 is 2.32 bits per heavy atom. The van der Waals surface area contributed by atoms with Crippen LogP contribution in [0.25, 0.3) is 11.3 Å². The smallest absolute Gasteiger partial charge is 0.225 e. The van der Waals surface area contributed by atoms with Crippen molar-refractivity contribution < 1.29 is 0 Å². The first-order valence-electron chi connectivity index (χ1n) is 10.7. The van der Waals surface area contributed by atoms with Crippen molar-refractivity contribution in [2.75, 3.05) is 36.4 Å². The highest BCUT2D eigenvalue weighted by atomic mass is 35.5. The molecule has 1 aromatic heterocycles.